The summed E-state index contributed by atoms with van der Waals surface area (Å²) in [7, 11) is 0. The third-order valence-electron chi connectivity index (χ3n) is 2.26. The van der Waals surface area contributed by atoms with Crippen molar-refractivity contribution in [2.75, 3.05) is 13.2 Å². The van der Waals surface area contributed by atoms with E-state index in [0.29, 0.717) is 12.2 Å². The Kier molecular flexibility index (Phi) is 1.09. The molecule has 2 heterocycles. The van der Waals surface area contributed by atoms with Crippen molar-refractivity contribution < 1.29 is 14.2 Å². The summed E-state index contributed by atoms with van der Waals surface area (Å²) in [5.41, 5.74) is 0. The molecule has 0 aromatic rings. The molecule has 0 aromatic heterocycles. The Morgan fingerprint density at radius 3 is 2.73 bits per heavy atom. The molecule has 11 heavy (non-hydrogen) atoms. The topological polar surface area (TPSA) is 34.3 Å². The van der Waals surface area contributed by atoms with Gasteiger partial charge in [-0.1, -0.05) is 0 Å². The minimum absolute atomic E-state index is 0.387. The van der Waals surface area contributed by atoms with Crippen LogP contribution in [0.1, 0.15) is 12.8 Å². The Bertz CT molecular complexity index is 203. The summed E-state index contributed by atoms with van der Waals surface area (Å²) in [4.78, 5) is 0. The van der Waals surface area contributed by atoms with Crippen LogP contribution in [0.2, 0.25) is 0 Å². The maximum absolute atomic E-state index is 5.58. The lowest BCUT2D eigenvalue weighted by molar-refractivity contribution is 0.0354. The summed E-state index contributed by atoms with van der Waals surface area (Å²) in [5.74, 6) is 2.35. The zero-order chi connectivity index (χ0) is 7.26. The normalized spacial score (nSPS) is 33.6. The minimum Gasteiger partial charge on any atom is -0.459 e. The third-order valence-corrected chi connectivity index (χ3v) is 2.26. The molecule has 0 aromatic carbocycles. The van der Waals surface area contributed by atoms with Gasteiger partial charge in [0.15, 0.2) is 0 Å². The summed E-state index contributed by atoms with van der Waals surface area (Å²) in [5, 5.41) is 0. The van der Waals surface area contributed by atoms with Gasteiger partial charge >= 0.3 is 0 Å². The van der Waals surface area contributed by atoms with Gasteiger partial charge in [-0.2, -0.15) is 0 Å². The van der Waals surface area contributed by atoms with Crippen LogP contribution in [-0.4, -0.2) is 25.4 Å². The summed E-state index contributed by atoms with van der Waals surface area (Å²) < 4.78 is 15.7. The smallest absolute Gasteiger partial charge is 0.145 e. The van der Waals surface area contributed by atoms with Crippen molar-refractivity contribution in [2.24, 2.45) is 0 Å². The molecule has 1 unspecified atom stereocenters. The Morgan fingerprint density at radius 1 is 1.36 bits per heavy atom. The molecule has 0 saturated carbocycles. The first kappa shape index (κ1) is 6.03. The fourth-order valence-electron chi connectivity index (χ4n) is 1.45. The van der Waals surface area contributed by atoms with Gasteiger partial charge in [0.05, 0.1) is 19.3 Å². The minimum atomic E-state index is 0.387. The van der Waals surface area contributed by atoms with Gasteiger partial charge in [0, 0.05) is 12.8 Å². The number of ether oxygens (including phenoxy) is 3. The molecule has 1 saturated heterocycles. The summed E-state index contributed by atoms with van der Waals surface area (Å²) in [6.45, 7) is 1.65. The average Bonchev–Trinajstić information content (AvgIpc) is 2.90. The van der Waals surface area contributed by atoms with Crippen LogP contribution in [0.3, 0.4) is 0 Å². The van der Waals surface area contributed by atoms with Gasteiger partial charge in [0.1, 0.15) is 17.6 Å². The summed E-state index contributed by atoms with van der Waals surface area (Å²) >= 11 is 0. The first-order chi connectivity index (χ1) is 5.42. The first-order valence-corrected chi connectivity index (χ1v) is 4.05. The van der Waals surface area contributed by atoms with E-state index in [1.807, 2.05) is 0 Å². The van der Waals surface area contributed by atoms with Crippen LogP contribution in [0.25, 0.3) is 0 Å². The maximum Gasteiger partial charge on any atom is 0.145 e. The highest BCUT2D eigenvalue weighted by Gasteiger charge is 2.38. The van der Waals surface area contributed by atoms with Gasteiger partial charge in [0.25, 0.3) is 0 Å². The highest BCUT2D eigenvalue weighted by atomic mass is 16.6. The number of hydrogen-bond acceptors (Lipinski definition) is 3. The molecular formula is C8H10O3. The monoisotopic (exact) mass is 154 g/mol. The molecule has 0 radical (unpaired) electrons. The molecule has 1 atom stereocenters. The van der Waals surface area contributed by atoms with Gasteiger partial charge in [-0.05, 0) is 0 Å². The molecule has 0 spiro atoms. The zero-order valence-electron chi connectivity index (χ0n) is 6.21. The molecule has 3 heteroatoms. The van der Waals surface area contributed by atoms with E-state index >= 15 is 0 Å². The molecule has 1 aliphatic carbocycles. The SMILES string of the molecule is C1OC1COC1CC2=C(C1)O2. The molecule has 0 N–H and O–H groups in total. The van der Waals surface area contributed by atoms with Gasteiger partial charge in [-0.25, -0.2) is 0 Å². The summed E-state index contributed by atoms with van der Waals surface area (Å²) in [6.07, 6.45) is 2.75. The quantitative estimate of drug-likeness (QED) is 0.564. The molecule has 0 bridgehead atoms. The number of rotatable bonds is 3. The Labute approximate surface area is 64.9 Å². The van der Waals surface area contributed by atoms with Gasteiger partial charge in [-0.3, -0.25) is 0 Å². The molecule has 0 amide bonds. The van der Waals surface area contributed by atoms with Crippen LogP contribution in [-0.2, 0) is 14.2 Å². The highest BCUT2D eigenvalue weighted by Crippen LogP contribution is 2.42. The van der Waals surface area contributed by atoms with Gasteiger partial charge in [-0.15, -0.1) is 0 Å². The van der Waals surface area contributed by atoms with Crippen molar-refractivity contribution >= 4 is 0 Å². The van der Waals surface area contributed by atoms with E-state index in [1.165, 1.54) is 11.5 Å². The van der Waals surface area contributed by atoms with Crippen LogP contribution in [0.5, 0.6) is 0 Å². The fraction of sp³-hybridized carbons (Fsp3) is 0.750. The van der Waals surface area contributed by atoms with Gasteiger partial charge in [0.2, 0.25) is 0 Å². The lowest BCUT2D eigenvalue weighted by Crippen LogP contribution is -2.14. The molecule has 3 rings (SSSR count). The predicted octanol–water partition coefficient (Wildman–Crippen LogP) is 0.806. The Balaban J connectivity index is 1.43. The van der Waals surface area contributed by atoms with E-state index < -0.39 is 0 Å². The van der Waals surface area contributed by atoms with Crippen molar-refractivity contribution in [3.63, 3.8) is 0 Å². The van der Waals surface area contributed by atoms with Crippen molar-refractivity contribution in [1.29, 1.82) is 0 Å². The molecule has 3 aliphatic rings. The highest BCUT2D eigenvalue weighted by molar-refractivity contribution is 5.25. The van der Waals surface area contributed by atoms with E-state index in [1.54, 1.807) is 0 Å². The molecule has 60 valence electrons. The van der Waals surface area contributed by atoms with Crippen LogP contribution < -0.4 is 0 Å². The van der Waals surface area contributed by atoms with E-state index in [2.05, 4.69) is 0 Å². The zero-order valence-corrected chi connectivity index (χ0v) is 6.21. The van der Waals surface area contributed by atoms with Gasteiger partial charge < -0.3 is 14.2 Å². The number of hydrogen-bond donors (Lipinski definition) is 0. The summed E-state index contributed by atoms with van der Waals surface area (Å²) in [6, 6.07) is 0. The van der Waals surface area contributed by atoms with Crippen molar-refractivity contribution in [3.05, 3.63) is 11.5 Å². The van der Waals surface area contributed by atoms with Crippen molar-refractivity contribution in [2.45, 2.75) is 25.0 Å². The van der Waals surface area contributed by atoms with Crippen LogP contribution >= 0.6 is 0 Å². The standard InChI is InChI=1S/C8H10O3/c1-5(2-8-7(1)11-8)9-3-6-4-10-6/h5-6H,1-4H2. The lowest BCUT2D eigenvalue weighted by atomic mass is 10.2. The Hall–Kier alpha value is -0.540. The molecule has 1 fully saturated rings. The molecule has 3 nitrogen and oxygen atoms in total. The van der Waals surface area contributed by atoms with Crippen LogP contribution in [0, 0.1) is 0 Å². The molecular weight excluding hydrogens is 144 g/mol. The van der Waals surface area contributed by atoms with Crippen molar-refractivity contribution in [1.82, 2.24) is 0 Å². The second-order valence-electron chi connectivity index (χ2n) is 3.27. The Morgan fingerprint density at radius 2 is 2.09 bits per heavy atom. The molecule has 2 aliphatic heterocycles. The van der Waals surface area contributed by atoms with E-state index in [0.717, 1.165) is 26.1 Å². The van der Waals surface area contributed by atoms with Crippen LogP contribution in [0.4, 0.5) is 0 Å². The second kappa shape index (κ2) is 1.99. The van der Waals surface area contributed by atoms with E-state index in [9.17, 15) is 0 Å². The fourth-order valence-corrected chi connectivity index (χ4v) is 1.45. The van der Waals surface area contributed by atoms with Crippen LogP contribution in [0.15, 0.2) is 11.5 Å². The van der Waals surface area contributed by atoms with E-state index in [-0.39, 0.29) is 0 Å². The maximum atomic E-state index is 5.58. The lowest BCUT2D eigenvalue weighted by Gasteiger charge is -2.11. The first-order valence-electron chi connectivity index (χ1n) is 4.05. The van der Waals surface area contributed by atoms with E-state index in [4.69, 9.17) is 14.2 Å². The largest absolute Gasteiger partial charge is 0.459 e. The number of epoxide rings is 1. The predicted molar refractivity (Wildman–Crippen MR) is 36.8 cm³/mol. The second-order valence-corrected chi connectivity index (χ2v) is 3.27. The third kappa shape index (κ3) is 1.14. The van der Waals surface area contributed by atoms with Crippen molar-refractivity contribution in [3.8, 4) is 0 Å². The average molecular weight is 154 g/mol.